The highest BCUT2D eigenvalue weighted by Crippen LogP contribution is 2.25. The molecule has 0 radical (unpaired) electrons. The van der Waals surface area contributed by atoms with Gasteiger partial charge in [0.15, 0.2) is 16.4 Å². The van der Waals surface area contributed by atoms with E-state index in [1.165, 1.54) is 35.0 Å². The Hall–Kier alpha value is -2.75. The Kier molecular flexibility index (Phi) is 6.49. The summed E-state index contributed by atoms with van der Waals surface area (Å²) < 4.78 is 28.2. The van der Waals surface area contributed by atoms with Gasteiger partial charge in [-0.2, -0.15) is 0 Å². The van der Waals surface area contributed by atoms with Crippen LogP contribution in [0.15, 0.2) is 18.2 Å². The molecule has 1 aromatic carbocycles. The van der Waals surface area contributed by atoms with Crippen molar-refractivity contribution in [1.82, 2.24) is 9.80 Å². The van der Waals surface area contributed by atoms with Gasteiger partial charge in [0.1, 0.15) is 0 Å². The van der Waals surface area contributed by atoms with Gasteiger partial charge in [-0.25, -0.2) is 13.2 Å². The molecule has 1 atom stereocenters. The second-order valence-corrected chi connectivity index (χ2v) is 10.6. The molecule has 0 N–H and O–H groups in total. The third kappa shape index (κ3) is 4.95. The Balaban J connectivity index is 1.62. The van der Waals surface area contributed by atoms with E-state index < -0.39 is 40.3 Å². The number of fused-ring (bicyclic) bond motifs is 1. The molecule has 1 aromatic rings. The number of rotatable bonds is 7. The first-order valence-electron chi connectivity index (χ1n) is 10.1. The van der Waals surface area contributed by atoms with Crippen LogP contribution in [-0.4, -0.2) is 79.7 Å². The van der Waals surface area contributed by atoms with Crippen molar-refractivity contribution in [2.75, 3.05) is 31.7 Å². The van der Waals surface area contributed by atoms with Crippen LogP contribution < -0.4 is 0 Å². The second kappa shape index (κ2) is 8.78. The zero-order chi connectivity index (χ0) is 22.9. The van der Waals surface area contributed by atoms with Crippen LogP contribution >= 0.6 is 0 Å². The quantitative estimate of drug-likeness (QED) is 0.451. The lowest BCUT2D eigenvalue weighted by Gasteiger charge is -2.23. The zero-order valence-electron chi connectivity index (χ0n) is 17.8. The summed E-state index contributed by atoms with van der Waals surface area (Å²) in [5.74, 6) is -1.89. The average molecular weight is 451 g/mol. The highest BCUT2D eigenvalue weighted by Gasteiger charge is 2.36. The third-order valence-electron chi connectivity index (χ3n) is 5.61. The van der Waals surface area contributed by atoms with E-state index in [0.29, 0.717) is 25.3 Å². The van der Waals surface area contributed by atoms with Crippen LogP contribution in [0.25, 0.3) is 0 Å². The molecule has 168 valence electrons. The fourth-order valence-electron chi connectivity index (χ4n) is 3.60. The number of nitrogens with zero attached hydrogens (tertiary/aromatic N) is 2. The van der Waals surface area contributed by atoms with Crippen LogP contribution in [0.2, 0.25) is 0 Å². The molecule has 1 saturated heterocycles. The molecule has 2 aliphatic rings. The number of sulfone groups is 1. The van der Waals surface area contributed by atoms with Crippen molar-refractivity contribution in [2.45, 2.75) is 32.7 Å². The lowest BCUT2D eigenvalue weighted by molar-refractivity contribution is -0.134. The highest BCUT2D eigenvalue weighted by atomic mass is 32.2. The summed E-state index contributed by atoms with van der Waals surface area (Å²) in [5.41, 5.74) is 0.441. The number of imide groups is 1. The minimum atomic E-state index is -3.14. The molecule has 0 aromatic heterocycles. The topological polar surface area (TPSA) is 118 Å². The minimum Gasteiger partial charge on any atom is -0.452 e. The molecule has 0 bridgehead atoms. The Morgan fingerprint density at radius 2 is 1.87 bits per heavy atom. The monoisotopic (exact) mass is 450 g/mol. The zero-order valence-corrected chi connectivity index (χ0v) is 18.6. The normalized spacial score (nSPS) is 19.6. The van der Waals surface area contributed by atoms with Gasteiger partial charge in [-0.05, 0) is 37.0 Å². The molecule has 2 aliphatic heterocycles. The third-order valence-corrected chi connectivity index (χ3v) is 7.36. The minimum absolute atomic E-state index is 0.0329. The van der Waals surface area contributed by atoms with E-state index in [2.05, 4.69) is 0 Å². The summed E-state index contributed by atoms with van der Waals surface area (Å²) in [6.45, 7) is 3.76. The van der Waals surface area contributed by atoms with Crippen molar-refractivity contribution < 1.29 is 32.3 Å². The van der Waals surface area contributed by atoms with Crippen molar-refractivity contribution in [3.63, 3.8) is 0 Å². The summed E-state index contributed by atoms with van der Waals surface area (Å²) >= 11 is 0. The van der Waals surface area contributed by atoms with Gasteiger partial charge in [-0.1, -0.05) is 13.8 Å². The molecular weight excluding hydrogens is 424 g/mol. The van der Waals surface area contributed by atoms with Crippen molar-refractivity contribution in [3.8, 4) is 0 Å². The summed E-state index contributed by atoms with van der Waals surface area (Å²) in [5, 5.41) is 0. The van der Waals surface area contributed by atoms with Crippen LogP contribution in [0.1, 0.15) is 57.8 Å². The van der Waals surface area contributed by atoms with E-state index in [-0.39, 0.29) is 34.1 Å². The summed E-state index contributed by atoms with van der Waals surface area (Å²) in [7, 11) is -1.66. The van der Waals surface area contributed by atoms with Crippen molar-refractivity contribution in [2.24, 2.45) is 5.92 Å². The number of likely N-dealkylation sites (N-methyl/N-ethyl adjacent to an activating group) is 1. The predicted octanol–water partition coefficient (Wildman–Crippen LogP) is 1.13. The molecule has 0 aliphatic carbocycles. The Morgan fingerprint density at radius 1 is 1.19 bits per heavy atom. The SMILES string of the molecule is CC(C)CCN1C(=O)c2ccc(C(=O)OCC(=O)N(C)[C@@H]3CCS(=O)(=O)C3)cc2C1=O. The Bertz CT molecular complexity index is 1030. The summed E-state index contributed by atoms with van der Waals surface area (Å²) in [6, 6.07) is 3.68. The number of ether oxygens (including phenoxy) is 1. The van der Waals surface area contributed by atoms with Crippen LogP contribution in [-0.2, 0) is 19.4 Å². The summed E-state index contributed by atoms with van der Waals surface area (Å²) in [4.78, 5) is 52.2. The Labute approximate surface area is 181 Å². The molecule has 0 unspecified atom stereocenters. The molecule has 2 heterocycles. The van der Waals surface area contributed by atoms with Gasteiger partial charge in [0.25, 0.3) is 17.7 Å². The number of amides is 3. The molecule has 1 fully saturated rings. The van der Waals surface area contributed by atoms with Gasteiger partial charge in [-0.3, -0.25) is 19.3 Å². The fourth-order valence-corrected chi connectivity index (χ4v) is 5.38. The number of carbonyl (C=O) groups excluding carboxylic acids is 4. The molecule has 3 amide bonds. The van der Waals surface area contributed by atoms with E-state index in [1.807, 2.05) is 13.8 Å². The van der Waals surface area contributed by atoms with Gasteiger partial charge in [-0.15, -0.1) is 0 Å². The van der Waals surface area contributed by atoms with Crippen LogP contribution in [0.5, 0.6) is 0 Å². The predicted molar refractivity (Wildman–Crippen MR) is 111 cm³/mol. The van der Waals surface area contributed by atoms with E-state index in [9.17, 15) is 27.6 Å². The van der Waals surface area contributed by atoms with Gasteiger partial charge in [0, 0.05) is 19.6 Å². The number of carbonyl (C=O) groups is 4. The van der Waals surface area contributed by atoms with Crippen LogP contribution in [0, 0.1) is 5.92 Å². The lowest BCUT2D eigenvalue weighted by atomic mass is 10.1. The fraction of sp³-hybridized carbons (Fsp3) is 0.524. The molecular formula is C21H26N2O7S. The number of benzene rings is 1. The standard InChI is InChI=1S/C21H26N2O7S/c1-13(2)6-8-23-19(25)16-5-4-14(10-17(16)20(23)26)21(27)30-11-18(24)22(3)15-7-9-31(28,29)12-15/h4-5,10,13,15H,6-9,11-12H2,1-3H3/t15-/m1/s1. The van der Waals surface area contributed by atoms with Gasteiger partial charge < -0.3 is 9.64 Å². The number of esters is 1. The van der Waals surface area contributed by atoms with Gasteiger partial charge >= 0.3 is 5.97 Å². The van der Waals surface area contributed by atoms with E-state index >= 15 is 0 Å². The smallest absolute Gasteiger partial charge is 0.338 e. The van der Waals surface area contributed by atoms with Gasteiger partial charge in [0.2, 0.25) is 0 Å². The average Bonchev–Trinajstić information content (AvgIpc) is 3.20. The number of hydrogen-bond donors (Lipinski definition) is 0. The summed E-state index contributed by atoms with van der Waals surface area (Å²) in [6.07, 6.45) is 1.03. The maximum absolute atomic E-state index is 12.6. The largest absolute Gasteiger partial charge is 0.452 e. The molecule has 0 spiro atoms. The molecule has 3 rings (SSSR count). The van der Waals surface area contributed by atoms with Crippen LogP contribution in [0.4, 0.5) is 0 Å². The molecule has 31 heavy (non-hydrogen) atoms. The first kappa shape index (κ1) is 22.9. The van der Waals surface area contributed by atoms with E-state index in [1.54, 1.807) is 0 Å². The maximum Gasteiger partial charge on any atom is 0.338 e. The highest BCUT2D eigenvalue weighted by molar-refractivity contribution is 7.91. The number of hydrogen-bond acceptors (Lipinski definition) is 7. The van der Waals surface area contributed by atoms with E-state index in [0.717, 1.165) is 0 Å². The van der Waals surface area contributed by atoms with Crippen molar-refractivity contribution in [3.05, 3.63) is 34.9 Å². The van der Waals surface area contributed by atoms with E-state index in [4.69, 9.17) is 4.74 Å². The second-order valence-electron chi connectivity index (χ2n) is 8.34. The van der Waals surface area contributed by atoms with Crippen molar-refractivity contribution in [1.29, 1.82) is 0 Å². The van der Waals surface area contributed by atoms with Gasteiger partial charge in [0.05, 0.1) is 28.2 Å². The Morgan fingerprint density at radius 3 is 2.48 bits per heavy atom. The first-order valence-corrected chi connectivity index (χ1v) is 12.0. The first-order chi connectivity index (χ1) is 14.5. The van der Waals surface area contributed by atoms with Crippen molar-refractivity contribution >= 4 is 33.5 Å². The molecule has 0 saturated carbocycles. The lowest BCUT2D eigenvalue weighted by Crippen LogP contribution is -2.40. The molecule has 9 nitrogen and oxygen atoms in total. The van der Waals surface area contributed by atoms with Crippen LogP contribution in [0.3, 0.4) is 0 Å². The maximum atomic E-state index is 12.6. The molecule has 10 heteroatoms.